The minimum Gasteiger partial charge on any atom is -0.407 e. The Bertz CT molecular complexity index is 1340. The van der Waals surface area contributed by atoms with Crippen LogP contribution in [0.1, 0.15) is 22.7 Å². The Morgan fingerprint density at radius 2 is 1.79 bits per heavy atom. The van der Waals surface area contributed by atoms with Gasteiger partial charge >= 0.3 is 6.09 Å². The van der Waals surface area contributed by atoms with Crippen LogP contribution in [0.2, 0.25) is 5.02 Å². The number of nitrogens with zero attached hydrogens (tertiary/aromatic N) is 5. The van der Waals surface area contributed by atoms with E-state index in [1.165, 1.54) is 4.90 Å². The fourth-order valence-electron chi connectivity index (χ4n) is 3.29. The number of carbonyl (C=O) groups is 1. The van der Waals surface area contributed by atoms with Crippen molar-refractivity contribution in [1.82, 2.24) is 19.9 Å². The summed E-state index contributed by atoms with van der Waals surface area (Å²) >= 11 is 6.62. The number of pyridine rings is 1. The van der Waals surface area contributed by atoms with Gasteiger partial charge in [0, 0.05) is 43.6 Å². The molecule has 0 radical (unpaired) electrons. The Morgan fingerprint density at radius 1 is 1.09 bits per heavy atom. The molecule has 0 saturated carbocycles. The molecule has 0 aliphatic carbocycles. The Balaban J connectivity index is 1.94. The summed E-state index contributed by atoms with van der Waals surface area (Å²) in [5.41, 5.74) is 2.32. The van der Waals surface area contributed by atoms with Crippen molar-refractivity contribution in [2.75, 3.05) is 19.4 Å². The number of rotatable bonds is 5. The van der Waals surface area contributed by atoms with Gasteiger partial charge in [-0.1, -0.05) is 23.7 Å². The van der Waals surface area contributed by atoms with E-state index in [-0.39, 0.29) is 5.75 Å². The molecule has 9 heteroatoms. The van der Waals surface area contributed by atoms with Crippen LogP contribution in [0.25, 0.3) is 10.9 Å². The molecule has 0 fully saturated rings. The number of nitriles is 1. The molecule has 1 amide bonds. The summed E-state index contributed by atoms with van der Waals surface area (Å²) in [6, 6.07) is 15.6. The zero-order valence-electron chi connectivity index (χ0n) is 17.9. The fraction of sp³-hybridized carbons (Fsp3) is 0.125. The number of carbonyl (C=O) groups excluding carboxylic acids is 1. The van der Waals surface area contributed by atoms with E-state index in [1.54, 1.807) is 63.0 Å². The van der Waals surface area contributed by atoms with Gasteiger partial charge in [-0.2, -0.15) is 5.26 Å². The van der Waals surface area contributed by atoms with Crippen LogP contribution in [0.5, 0.6) is 5.75 Å². The molecule has 0 bridgehead atoms. The van der Waals surface area contributed by atoms with Gasteiger partial charge in [-0.15, -0.1) is 0 Å². The first-order valence-corrected chi connectivity index (χ1v) is 10.4. The van der Waals surface area contributed by atoms with E-state index in [1.807, 2.05) is 18.2 Å². The minimum atomic E-state index is -0.561. The largest absolute Gasteiger partial charge is 0.414 e. The number of halogens is 1. The van der Waals surface area contributed by atoms with Gasteiger partial charge < -0.3 is 15.0 Å². The first kappa shape index (κ1) is 22.0. The van der Waals surface area contributed by atoms with Crippen LogP contribution in [0.4, 0.5) is 10.7 Å². The Kier molecular flexibility index (Phi) is 6.33. The number of anilines is 1. The number of nitrogens with one attached hydrogen (secondary N) is 1. The molecule has 164 valence electrons. The molecule has 1 N–H and O–H groups in total. The fourth-order valence-corrected chi connectivity index (χ4v) is 3.56. The molecule has 4 rings (SSSR count). The smallest absolute Gasteiger partial charge is 0.407 e. The standard InChI is InChI=1S/C24H19ClN6O2/c1-31(2)24(32)33-22-18(13-19(25)17-5-3-10-27-21(17)22)20(30-23-28-11-4-12-29-23)16-8-6-15(14-26)7-9-16/h3-13,20H,1-2H3,(H,28,29,30). The van der Waals surface area contributed by atoms with Crippen molar-refractivity contribution >= 4 is 34.5 Å². The van der Waals surface area contributed by atoms with Gasteiger partial charge in [0.15, 0.2) is 5.75 Å². The van der Waals surface area contributed by atoms with Crippen LogP contribution in [0.3, 0.4) is 0 Å². The molecule has 2 aromatic carbocycles. The lowest BCUT2D eigenvalue weighted by Crippen LogP contribution is -2.26. The SMILES string of the molecule is CN(C)C(=O)Oc1c(C(Nc2ncccn2)c2ccc(C#N)cc2)cc(Cl)c2cccnc12. The second-order valence-corrected chi connectivity index (χ2v) is 7.73. The van der Waals surface area contributed by atoms with Gasteiger partial charge in [-0.25, -0.2) is 14.8 Å². The van der Waals surface area contributed by atoms with Crippen LogP contribution >= 0.6 is 11.6 Å². The van der Waals surface area contributed by atoms with Crippen LogP contribution < -0.4 is 10.1 Å². The quantitative estimate of drug-likeness (QED) is 0.457. The monoisotopic (exact) mass is 458 g/mol. The van der Waals surface area contributed by atoms with Crippen molar-refractivity contribution in [2.45, 2.75) is 6.04 Å². The van der Waals surface area contributed by atoms with Crippen molar-refractivity contribution in [3.63, 3.8) is 0 Å². The molecule has 8 nitrogen and oxygen atoms in total. The van der Waals surface area contributed by atoms with Crippen LogP contribution in [0, 0.1) is 11.3 Å². The zero-order valence-corrected chi connectivity index (χ0v) is 18.6. The van der Waals surface area contributed by atoms with E-state index in [0.29, 0.717) is 33.0 Å². The number of benzene rings is 2. The maximum Gasteiger partial charge on any atom is 0.414 e. The number of fused-ring (bicyclic) bond motifs is 1. The molecule has 33 heavy (non-hydrogen) atoms. The number of ether oxygens (including phenoxy) is 1. The topological polar surface area (TPSA) is 104 Å². The summed E-state index contributed by atoms with van der Waals surface area (Å²) in [6.07, 6.45) is 4.29. The summed E-state index contributed by atoms with van der Waals surface area (Å²) in [4.78, 5) is 26.9. The summed E-state index contributed by atoms with van der Waals surface area (Å²) in [5, 5.41) is 13.6. The average Bonchev–Trinajstić information content (AvgIpc) is 2.85. The minimum absolute atomic E-state index is 0.270. The molecule has 0 aliphatic rings. The maximum atomic E-state index is 12.6. The van der Waals surface area contributed by atoms with E-state index >= 15 is 0 Å². The molecule has 0 saturated heterocycles. The van der Waals surface area contributed by atoms with Gasteiger partial charge in [-0.3, -0.25) is 4.98 Å². The highest BCUT2D eigenvalue weighted by Gasteiger charge is 2.26. The molecular formula is C24H19ClN6O2. The van der Waals surface area contributed by atoms with Crippen LogP contribution in [-0.2, 0) is 0 Å². The molecule has 2 heterocycles. The molecule has 2 aromatic heterocycles. The molecule has 4 aromatic rings. The van der Waals surface area contributed by atoms with Gasteiger partial charge in [0.1, 0.15) is 5.52 Å². The Morgan fingerprint density at radius 3 is 2.45 bits per heavy atom. The molecule has 0 spiro atoms. The number of amides is 1. The average molecular weight is 459 g/mol. The van der Waals surface area contributed by atoms with E-state index in [9.17, 15) is 10.1 Å². The summed E-state index contributed by atoms with van der Waals surface area (Å²) in [5.74, 6) is 0.639. The van der Waals surface area contributed by atoms with Crippen LogP contribution in [-0.4, -0.2) is 40.0 Å². The first-order valence-electron chi connectivity index (χ1n) is 9.98. The third-order valence-electron chi connectivity index (χ3n) is 4.90. The van der Waals surface area contributed by atoms with Crippen molar-refractivity contribution in [1.29, 1.82) is 5.26 Å². The third kappa shape index (κ3) is 4.68. The third-order valence-corrected chi connectivity index (χ3v) is 5.22. The van der Waals surface area contributed by atoms with Crippen molar-refractivity contribution in [3.8, 4) is 11.8 Å². The maximum absolute atomic E-state index is 12.6. The lowest BCUT2D eigenvalue weighted by molar-refractivity contribution is 0.172. The first-order chi connectivity index (χ1) is 16.0. The molecule has 0 aliphatic heterocycles. The zero-order chi connectivity index (χ0) is 23.4. The molecular weight excluding hydrogens is 440 g/mol. The van der Waals surface area contributed by atoms with Crippen molar-refractivity contribution in [2.24, 2.45) is 0 Å². The summed E-state index contributed by atoms with van der Waals surface area (Å²) < 4.78 is 5.79. The summed E-state index contributed by atoms with van der Waals surface area (Å²) in [6.45, 7) is 0. The van der Waals surface area contributed by atoms with E-state index in [0.717, 1.165) is 5.56 Å². The lowest BCUT2D eigenvalue weighted by Gasteiger charge is -2.24. The van der Waals surface area contributed by atoms with E-state index in [4.69, 9.17) is 16.3 Å². The van der Waals surface area contributed by atoms with E-state index in [2.05, 4.69) is 26.3 Å². The van der Waals surface area contributed by atoms with Gasteiger partial charge in [0.2, 0.25) is 5.95 Å². The number of hydrogen-bond donors (Lipinski definition) is 1. The highest BCUT2D eigenvalue weighted by atomic mass is 35.5. The van der Waals surface area contributed by atoms with E-state index < -0.39 is 12.1 Å². The normalized spacial score (nSPS) is 11.5. The highest BCUT2D eigenvalue weighted by Crippen LogP contribution is 2.40. The number of aromatic nitrogens is 3. The van der Waals surface area contributed by atoms with Crippen molar-refractivity contribution < 1.29 is 9.53 Å². The van der Waals surface area contributed by atoms with Gasteiger partial charge in [0.25, 0.3) is 0 Å². The predicted octanol–water partition coefficient (Wildman–Crippen LogP) is 4.81. The van der Waals surface area contributed by atoms with Crippen molar-refractivity contribution in [3.05, 3.63) is 88.8 Å². The van der Waals surface area contributed by atoms with Gasteiger partial charge in [-0.05, 0) is 42.0 Å². The number of hydrogen-bond acceptors (Lipinski definition) is 7. The van der Waals surface area contributed by atoms with Gasteiger partial charge in [0.05, 0.1) is 22.7 Å². The predicted molar refractivity (Wildman–Crippen MR) is 125 cm³/mol. The lowest BCUT2D eigenvalue weighted by atomic mass is 9.95. The second kappa shape index (κ2) is 9.51. The van der Waals surface area contributed by atoms with Crippen LogP contribution in [0.15, 0.2) is 67.1 Å². The Hall–Kier alpha value is -4.22. The summed E-state index contributed by atoms with van der Waals surface area (Å²) in [7, 11) is 3.20. The molecule has 1 atom stereocenters. The molecule has 1 unspecified atom stereocenters. The highest BCUT2D eigenvalue weighted by molar-refractivity contribution is 6.35. The Labute approximate surface area is 195 Å². The second-order valence-electron chi connectivity index (χ2n) is 7.32.